The molecule has 0 bridgehead atoms. The van der Waals surface area contributed by atoms with E-state index < -0.39 is 12.0 Å². The van der Waals surface area contributed by atoms with E-state index in [1.165, 1.54) is 0 Å². The first kappa shape index (κ1) is 18.6. The van der Waals surface area contributed by atoms with Crippen LogP contribution in [0.3, 0.4) is 0 Å². The quantitative estimate of drug-likeness (QED) is 0.616. The van der Waals surface area contributed by atoms with Gasteiger partial charge >= 0.3 is 5.97 Å². The van der Waals surface area contributed by atoms with E-state index in [1.807, 2.05) is 37.3 Å². The van der Waals surface area contributed by atoms with Crippen LogP contribution in [0.5, 0.6) is 0 Å². The summed E-state index contributed by atoms with van der Waals surface area (Å²) in [4.78, 5) is 16.6. The molecular weight excluding hydrogens is 372 g/mol. The number of rotatable bonds is 4. The Morgan fingerprint density at radius 3 is 2.85 bits per heavy atom. The summed E-state index contributed by atoms with van der Waals surface area (Å²) in [5.74, 6) is 0.316. The number of carbonyl (C=O) groups is 1. The monoisotopic (exact) mass is 390 g/mol. The lowest BCUT2D eigenvalue weighted by atomic mass is 9.92. The number of hydrogen-bond acceptors (Lipinski definition) is 4. The normalized spacial score (nSPS) is 19.7. The first-order valence-corrected chi connectivity index (χ1v) is 9.08. The Morgan fingerprint density at radius 2 is 2.12 bits per heavy atom. The summed E-state index contributed by atoms with van der Waals surface area (Å²) in [6.45, 7) is 5.77. The molecule has 1 aromatic heterocycles. The number of carbonyl (C=O) groups excluding carboxylic acids is 1. The van der Waals surface area contributed by atoms with Gasteiger partial charge in [0.05, 0.1) is 6.61 Å². The summed E-state index contributed by atoms with van der Waals surface area (Å²) in [6, 6.07) is 8.88. The second kappa shape index (κ2) is 7.60. The molecule has 0 fully saturated rings. The standard InChI is InChI=1S/C19H19ClN2O3S/c1-4-24-18(23)16-11(3)21-19(26)22-17(16)15-9-8-14(25-15)12-6-5-7-13(20)10(12)2/h5-9,16-17H,4H2,1-3H3,(H,22,26). The summed E-state index contributed by atoms with van der Waals surface area (Å²) >= 11 is 11.4. The average Bonchev–Trinajstić information content (AvgIpc) is 3.06. The lowest BCUT2D eigenvalue weighted by Gasteiger charge is -2.29. The minimum atomic E-state index is -0.596. The molecule has 1 aliphatic rings. The predicted octanol–water partition coefficient (Wildman–Crippen LogP) is 4.48. The zero-order valence-electron chi connectivity index (χ0n) is 14.7. The van der Waals surface area contributed by atoms with Gasteiger partial charge in [0.15, 0.2) is 5.11 Å². The number of esters is 1. The minimum absolute atomic E-state index is 0.297. The van der Waals surface area contributed by atoms with E-state index >= 15 is 0 Å². The molecule has 0 radical (unpaired) electrons. The molecule has 2 atom stereocenters. The number of aliphatic imine (C=N–C) groups is 1. The van der Waals surface area contributed by atoms with Gasteiger partial charge in [0.1, 0.15) is 23.5 Å². The molecule has 1 aliphatic heterocycles. The SMILES string of the molecule is CCOC(=O)C1C(C)=NC(=S)NC1c1ccc(-c2cccc(Cl)c2C)o1. The van der Waals surface area contributed by atoms with Crippen molar-refractivity contribution in [2.24, 2.45) is 10.9 Å². The van der Waals surface area contributed by atoms with Crippen molar-refractivity contribution in [2.45, 2.75) is 26.8 Å². The minimum Gasteiger partial charge on any atom is -0.465 e. The van der Waals surface area contributed by atoms with E-state index in [4.69, 9.17) is 33.0 Å². The number of furan rings is 1. The number of thiocarbonyl (C=S) groups is 1. The molecule has 1 aromatic carbocycles. The van der Waals surface area contributed by atoms with Crippen LogP contribution in [-0.4, -0.2) is 23.4 Å². The highest BCUT2D eigenvalue weighted by Crippen LogP contribution is 2.34. The van der Waals surface area contributed by atoms with Crippen molar-refractivity contribution in [3.63, 3.8) is 0 Å². The maximum atomic E-state index is 12.4. The van der Waals surface area contributed by atoms with Crippen molar-refractivity contribution >= 4 is 40.6 Å². The molecule has 7 heteroatoms. The van der Waals surface area contributed by atoms with Gasteiger partial charge in [-0.3, -0.25) is 4.79 Å². The van der Waals surface area contributed by atoms with Gasteiger partial charge in [0.2, 0.25) is 0 Å². The fraction of sp³-hybridized carbons (Fsp3) is 0.316. The first-order valence-electron chi connectivity index (χ1n) is 8.30. The molecule has 5 nitrogen and oxygen atoms in total. The van der Waals surface area contributed by atoms with Crippen LogP contribution in [0.1, 0.15) is 31.2 Å². The smallest absolute Gasteiger partial charge is 0.317 e. The van der Waals surface area contributed by atoms with Crippen LogP contribution in [0.4, 0.5) is 0 Å². The van der Waals surface area contributed by atoms with Crippen molar-refractivity contribution in [1.29, 1.82) is 0 Å². The van der Waals surface area contributed by atoms with Gasteiger partial charge in [-0.15, -0.1) is 0 Å². The fourth-order valence-electron chi connectivity index (χ4n) is 3.03. The summed E-state index contributed by atoms with van der Waals surface area (Å²) in [6.07, 6.45) is 0. The van der Waals surface area contributed by atoms with Crippen molar-refractivity contribution in [3.8, 4) is 11.3 Å². The molecule has 1 N–H and O–H groups in total. The van der Waals surface area contributed by atoms with Crippen LogP contribution in [0, 0.1) is 12.8 Å². The lowest BCUT2D eigenvalue weighted by Crippen LogP contribution is -2.44. The van der Waals surface area contributed by atoms with Crippen LogP contribution in [-0.2, 0) is 9.53 Å². The maximum Gasteiger partial charge on any atom is 0.317 e. The van der Waals surface area contributed by atoms with E-state index in [-0.39, 0.29) is 5.97 Å². The molecule has 3 rings (SSSR count). The van der Waals surface area contributed by atoms with Gasteiger partial charge in [-0.05, 0) is 56.8 Å². The summed E-state index contributed by atoms with van der Waals surface area (Å²) in [5, 5.41) is 4.06. The topological polar surface area (TPSA) is 63.8 Å². The molecule has 0 aliphatic carbocycles. The largest absolute Gasteiger partial charge is 0.465 e. The fourth-order valence-corrected chi connectivity index (χ4v) is 3.48. The summed E-state index contributed by atoms with van der Waals surface area (Å²) in [7, 11) is 0. The highest BCUT2D eigenvalue weighted by molar-refractivity contribution is 7.80. The Balaban J connectivity index is 1.98. The molecular formula is C19H19ClN2O3S. The van der Waals surface area contributed by atoms with Gasteiger partial charge < -0.3 is 14.5 Å². The molecule has 0 spiro atoms. The summed E-state index contributed by atoms with van der Waals surface area (Å²) in [5.41, 5.74) is 2.44. The molecule has 2 unspecified atom stereocenters. The molecule has 2 aromatic rings. The summed E-state index contributed by atoms with van der Waals surface area (Å²) < 4.78 is 11.3. The Bertz CT molecular complexity index is 891. The van der Waals surface area contributed by atoms with E-state index in [0.717, 1.165) is 11.1 Å². The number of halogens is 1. The Hall–Kier alpha value is -2.18. The third kappa shape index (κ3) is 3.52. The van der Waals surface area contributed by atoms with E-state index in [9.17, 15) is 4.79 Å². The predicted molar refractivity (Wildman–Crippen MR) is 106 cm³/mol. The van der Waals surface area contributed by atoms with Gasteiger partial charge in [0, 0.05) is 16.3 Å². The third-order valence-corrected chi connectivity index (χ3v) is 4.97. The zero-order chi connectivity index (χ0) is 18.8. The molecule has 0 amide bonds. The highest BCUT2D eigenvalue weighted by Gasteiger charge is 2.38. The van der Waals surface area contributed by atoms with Gasteiger partial charge in [-0.2, -0.15) is 0 Å². The van der Waals surface area contributed by atoms with Crippen molar-refractivity contribution in [3.05, 3.63) is 46.7 Å². The second-order valence-electron chi connectivity index (χ2n) is 6.02. The number of hydrogen-bond donors (Lipinski definition) is 1. The number of ether oxygens (including phenoxy) is 1. The zero-order valence-corrected chi connectivity index (χ0v) is 16.3. The van der Waals surface area contributed by atoms with Crippen molar-refractivity contribution in [1.82, 2.24) is 5.32 Å². The number of nitrogens with one attached hydrogen (secondary N) is 1. The van der Waals surface area contributed by atoms with E-state index in [2.05, 4.69) is 10.3 Å². The van der Waals surface area contributed by atoms with Crippen LogP contribution in [0.2, 0.25) is 5.02 Å². The van der Waals surface area contributed by atoms with Gasteiger partial charge in [-0.25, -0.2) is 4.99 Å². The lowest BCUT2D eigenvalue weighted by molar-refractivity contribution is -0.146. The van der Waals surface area contributed by atoms with Crippen LogP contribution in [0.15, 0.2) is 39.7 Å². The molecule has 136 valence electrons. The van der Waals surface area contributed by atoms with Crippen LogP contribution in [0.25, 0.3) is 11.3 Å². The number of benzene rings is 1. The van der Waals surface area contributed by atoms with E-state index in [1.54, 1.807) is 13.8 Å². The van der Waals surface area contributed by atoms with E-state index in [0.29, 0.717) is 34.0 Å². The van der Waals surface area contributed by atoms with Crippen LogP contribution >= 0.6 is 23.8 Å². The van der Waals surface area contributed by atoms with Gasteiger partial charge in [-0.1, -0.05) is 23.7 Å². The van der Waals surface area contributed by atoms with Crippen molar-refractivity contribution < 1.29 is 13.9 Å². The second-order valence-corrected chi connectivity index (χ2v) is 6.82. The maximum absolute atomic E-state index is 12.4. The molecule has 0 saturated heterocycles. The first-order chi connectivity index (χ1) is 12.4. The van der Waals surface area contributed by atoms with Gasteiger partial charge in [0.25, 0.3) is 0 Å². The Morgan fingerprint density at radius 1 is 1.35 bits per heavy atom. The Kier molecular flexibility index (Phi) is 5.44. The highest BCUT2D eigenvalue weighted by atomic mass is 35.5. The molecule has 2 heterocycles. The Labute approximate surface area is 162 Å². The van der Waals surface area contributed by atoms with Crippen molar-refractivity contribution in [2.75, 3.05) is 6.61 Å². The average molecular weight is 391 g/mol. The molecule has 0 saturated carbocycles. The third-order valence-electron chi connectivity index (χ3n) is 4.35. The molecule has 26 heavy (non-hydrogen) atoms. The number of nitrogens with zero attached hydrogens (tertiary/aromatic N) is 1. The van der Waals surface area contributed by atoms with Crippen LogP contribution < -0.4 is 5.32 Å².